The SMILES string of the molecule is CCS(=O)CCn1ccnc1NC(C)C. The van der Waals surface area contributed by atoms with Gasteiger partial charge in [0.05, 0.1) is 0 Å². The third kappa shape index (κ3) is 4.03. The first-order valence-corrected chi connectivity index (χ1v) is 6.75. The molecule has 0 aromatic carbocycles. The van der Waals surface area contributed by atoms with Crippen LogP contribution in [0.1, 0.15) is 20.8 Å². The van der Waals surface area contributed by atoms with Crippen molar-refractivity contribution in [3.63, 3.8) is 0 Å². The van der Waals surface area contributed by atoms with Crippen molar-refractivity contribution in [1.29, 1.82) is 0 Å². The van der Waals surface area contributed by atoms with Crippen molar-refractivity contribution in [2.45, 2.75) is 33.4 Å². The van der Waals surface area contributed by atoms with Crippen molar-refractivity contribution in [2.75, 3.05) is 16.8 Å². The van der Waals surface area contributed by atoms with Crippen molar-refractivity contribution in [3.8, 4) is 0 Å². The molecule has 0 aliphatic heterocycles. The third-order valence-corrected chi connectivity index (χ3v) is 3.30. The molecular formula is C10H19N3OS. The highest BCUT2D eigenvalue weighted by Crippen LogP contribution is 2.05. The largest absolute Gasteiger partial charge is 0.353 e. The molecule has 15 heavy (non-hydrogen) atoms. The molecule has 0 saturated heterocycles. The Balaban J connectivity index is 2.53. The molecule has 0 spiro atoms. The number of hydrogen-bond acceptors (Lipinski definition) is 3. The van der Waals surface area contributed by atoms with Gasteiger partial charge in [-0.25, -0.2) is 4.98 Å². The number of rotatable bonds is 6. The van der Waals surface area contributed by atoms with Crippen LogP contribution in [0.3, 0.4) is 0 Å². The van der Waals surface area contributed by atoms with Gasteiger partial charge in [0.2, 0.25) is 5.95 Å². The average Bonchev–Trinajstić information content (AvgIpc) is 2.61. The molecule has 1 aromatic heterocycles. The van der Waals surface area contributed by atoms with Crippen LogP contribution in [0.2, 0.25) is 0 Å². The van der Waals surface area contributed by atoms with Gasteiger partial charge >= 0.3 is 0 Å². The second kappa shape index (κ2) is 5.90. The highest BCUT2D eigenvalue weighted by atomic mass is 32.2. The van der Waals surface area contributed by atoms with E-state index in [1.54, 1.807) is 6.20 Å². The Morgan fingerprint density at radius 1 is 1.60 bits per heavy atom. The molecule has 0 amide bonds. The summed E-state index contributed by atoms with van der Waals surface area (Å²) in [6, 6.07) is 0.364. The summed E-state index contributed by atoms with van der Waals surface area (Å²) in [6.07, 6.45) is 3.68. The lowest BCUT2D eigenvalue weighted by atomic mass is 10.4. The normalized spacial score (nSPS) is 13.1. The number of aromatic nitrogens is 2. The van der Waals surface area contributed by atoms with Gasteiger partial charge < -0.3 is 9.88 Å². The molecule has 86 valence electrons. The number of aryl methyl sites for hydroxylation is 1. The molecule has 1 aromatic rings. The third-order valence-electron chi connectivity index (χ3n) is 2.02. The van der Waals surface area contributed by atoms with Crippen LogP contribution in [0.4, 0.5) is 5.95 Å². The van der Waals surface area contributed by atoms with E-state index in [-0.39, 0.29) is 0 Å². The Bertz CT molecular complexity index is 322. The van der Waals surface area contributed by atoms with Crippen LogP contribution >= 0.6 is 0 Å². The standard InChI is InChI=1S/C10H19N3OS/c1-4-15(14)8-7-13-6-5-11-10(13)12-9(2)3/h5-6,9H,4,7-8H2,1-3H3,(H,11,12). The Hall–Kier alpha value is -0.840. The molecule has 1 unspecified atom stereocenters. The molecule has 1 rings (SSSR count). The van der Waals surface area contributed by atoms with Crippen LogP contribution in [0.15, 0.2) is 12.4 Å². The fourth-order valence-corrected chi connectivity index (χ4v) is 1.92. The Morgan fingerprint density at radius 2 is 2.33 bits per heavy atom. The van der Waals surface area contributed by atoms with Crippen LogP contribution in [-0.4, -0.2) is 31.3 Å². The van der Waals surface area contributed by atoms with Gasteiger partial charge in [0.15, 0.2) is 0 Å². The monoisotopic (exact) mass is 229 g/mol. The van der Waals surface area contributed by atoms with E-state index in [0.717, 1.165) is 18.2 Å². The summed E-state index contributed by atoms with van der Waals surface area (Å²) in [6.45, 7) is 6.85. The minimum Gasteiger partial charge on any atom is -0.353 e. The first-order valence-electron chi connectivity index (χ1n) is 5.26. The quantitative estimate of drug-likeness (QED) is 0.803. The van der Waals surface area contributed by atoms with Gasteiger partial charge in [0.1, 0.15) is 0 Å². The van der Waals surface area contributed by atoms with Crippen molar-refractivity contribution < 1.29 is 4.21 Å². The van der Waals surface area contributed by atoms with Gasteiger partial charge in [0, 0.05) is 47.3 Å². The molecule has 1 N–H and O–H groups in total. The molecule has 0 aliphatic carbocycles. The minimum atomic E-state index is -0.709. The maximum Gasteiger partial charge on any atom is 0.202 e. The summed E-state index contributed by atoms with van der Waals surface area (Å²) in [5.41, 5.74) is 0. The second-order valence-electron chi connectivity index (χ2n) is 3.68. The van der Waals surface area contributed by atoms with Crippen LogP contribution in [0.5, 0.6) is 0 Å². The summed E-state index contributed by atoms with van der Waals surface area (Å²) >= 11 is 0. The fourth-order valence-electron chi connectivity index (χ4n) is 1.23. The molecule has 0 fully saturated rings. The van der Waals surface area contributed by atoms with Crippen molar-refractivity contribution in [2.24, 2.45) is 0 Å². The van der Waals surface area contributed by atoms with Crippen molar-refractivity contribution in [3.05, 3.63) is 12.4 Å². The summed E-state index contributed by atoms with van der Waals surface area (Å²) in [7, 11) is -0.709. The van der Waals surface area contributed by atoms with E-state index in [2.05, 4.69) is 24.1 Å². The van der Waals surface area contributed by atoms with Gasteiger partial charge in [-0.05, 0) is 13.8 Å². The van der Waals surface area contributed by atoms with Gasteiger partial charge in [0.25, 0.3) is 0 Å². The summed E-state index contributed by atoms with van der Waals surface area (Å²) < 4.78 is 13.3. The van der Waals surface area contributed by atoms with Gasteiger partial charge in [-0.2, -0.15) is 0 Å². The summed E-state index contributed by atoms with van der Waals surface area (Å²) in [4.78, 5) is 4.21. The highest BCUT2D eigenvalue weighted by molar-refractivity contribution is 7.84. The number of imidazole rings is 1. The van der Waals surface area contributed by atoms with Gasteiger partial charge in [-0.1, -0.05) is 6.92 Å². The van der Waals surface area contributed by atoms with E-state index in [4.69, 9.17) is 0 Å². The first kappa shape index (κ1) is 12.2. The summed E-state index contributed by atoms with van der Waals surface area (Å²) in [5.74, 6) is 2.28. The smallest absolute Gasteiger partial charge is 0.202 e. The fraction of sp³-hybridized carbons (Fsp3) is 0.700. The minimum absolute atomic E-state index is 0.364. The molecule has 0 radical (unpaired) electrons. The molecule has 1 heterocycles. The van der Waals surface area contributed by atoms with Gasteiger partial charge in [-0.3, -0.25) is 4.21 Å². The maximum absolute atomic E-state index is 11.3. The molecule has 0 saturated carbocycles. The average molecular weight is 229 g/mol. The van der Waals surface area contributed by atoms with E-state index >= 15 is 0 Å². The Labute approximate surface area is 93.5 Å². The Morgan fingerprint density at radius 3 is 2.93 bits per heavy atom. The highest BCUT2D eigenvalue weighted by Gasteiger charge is 2.04. The van der Waals surface area contributed by atoms with Crippen LogP contribution in [0.25, 0.3) is 0 Å². The Kier molecular flexibility index (Phi) is 4.81. The second-order valence-corrected chi connectivity index (χ2v) is 5.54. The van der Waals surface area contributed by atoms with Crippen LogP contribution in [-0.2, 0) is 17.3 Å². The zero-order valence-electron chi connectivity index (χ0n) is 9.56. The molecule has 0 aliphatic rings. The van der Waals surface area contributed by atoms with Crippen molar-refractivity contribution in [1.82, 2.24) is 9.55 Å². The first-order chi connectivity index (χ1) is 7.13. The summed E-state index contributed by atoms with van der Waals surface area (Å²) in [5, 5.41) is 3.25. The lowest BCUT2D eigenvalue weighted by molar-refractivity contribution is 0.674. The zero-order chi connectivity index (χ0) is 11.3. The number of hydrogen-bond donors (Lipinski definition) is 1. The van der Waals surface area contributed by atoms with Gasteiger partial charge in [-0.15, -0.1) is 0 Å². The van der Waals surface area contributed by atoms with E-state index in [9.17, 15) is 4.21 Å². The lowest BCUT2D eigenvalue weighted by Crippen LogP contribution is -2.16. The molecular weight excluding hydrogens is 210 g/mol. The van der Waals surface area contributed by atoms with Crippen LogP contribution < -0.4 is 5.32 Å². The van der Waals surface area contributed by atoms with E-state index in [0.29, 0.717) is 11.8 Å². The van der Waals surface area contributed by atoms with E-state index < -0.39 is 10.8 Å². The molecule has 5 heteroatoms. The number of nitrogens with one attached hydrogen (secondary N) is 1. The van der Waals surface area contributed by atoms with Crippen molar-refractivity contribution >= 4 is 16.7 Å². The topological polar surface area (TPSA) is 46.9 Å². The predicted octanol–water partition coefficient (Wildman–Crippen LogP) is 1.47. The number of nitrogens with zero attached hydrogens (tertiary/aromatic N) is 2. The van der Waals surface area contributed by atoms with E-state index in [1.807, 2.05) is 17.7 Å². The predicted molar refractivity (Wildman–Crippen MR) is 64.5 cm³/mol. The number of anilines is 1. The molecule has 4 nitrogen and oxygen atoms in total. The van der Waals surface area contributed by atoms with E-state index in [1.165, 1.54) is 0 Å². The maximum atomic E-state index is 11.3. The molecule has 1 atom stereocenters. The zero-order valence-corrected chi connectivity index (χ0v) is 10.4. The van der Waals surface area contributed by atoms with Crippen LogP contribution in [0, 0.1) is 0 Å². The molecule has 0 bridgehead atoms. The lowest BCUT2D eigenvalue weighted by Gasteiger charge is -2.11.